The SMILES string of the molecule is CC1(c2ccccc2)Oc2cc(-c3nc(-c4ccccc4)nc(-c4ccc(-c5cccc6ncoc56)cc4F)n3)ccc2-c2ccc(-c3nc(-c4ccccc4)nc(-c4ccccc4F)n3)cc21. The van der Waals surface area contributed by atoms with Gasteiger partial charge in [-0.05, 0) is 72.1 Å². The highest BCUT2D eigenvalue weighted by Gasteiger charge is 2.39. The van der Waals surface area contributed by atoms with E-state index in [1.807, 2.05) is 159 Å². The molecular weight excluding hydrogens is 853 g/mol. The van der Waals surface area contributed by atoms with Crippen LogP contribution in [0.5, 0.6) is 5.75 Å². The Hall–Kier alpha value is -9.09. The topological polar surface area (TPSA) is 113 Å². The van der Waals surface area contributed by atoms with E-state index in [0.717, 1.165) is 38.9 Å². The fourth-order valence-corrected chi connectivity index (χ4v) is 8.83. The highest BCUT2D eigenvalue weighted by atomic mass is 19.1. The molecule has 12 rings (SSSR count). The molecule has 0 N–H and O–H groups in total. The van der Waals surface area contributed by atoms with Gasteiger partial charge in [0.1, 0.15) is 22.9 Å². The molecule has 324 valence electrons. The van der Waals surface area contributed by atoms with Gasteiger partial charge in [0.15, 0.2) is 52.5 Å². The third-order valence-electron chi connectivity index (χ3n) is 12.3. The first-order chi connectivity index (χ1) is 33.4. The lowest BCUT2D eigenvalue weighted by Crippen LogP contribution is -2.34. The molecule has 0 bridgehead atoms. The van der Waals surface area contributed by atoms with Crippen molar-refractivity contribution in [3.8, 4) is 96.3 Å². The molecule has 1 atom stereocenters. The van der Waals surface area contributed by atoms with E-state index in [-0.39, 0.29) is 22.8 Å². The van der Waals surface area contributed by atoms with Crippen LogP contribution in [0.1, 0.15) is 18.1 Å². The number of oxazole rings is 1. The fraction of sp³-hybridized carbons (Fsp3) is 0.0351. The molecule has 4 heterocycles. The quantitative estimate of drug-likeness (QED) is 0.147. The van der Waals surface area contributed by atoms with E-state index in [1.165, 1.54) is 18.5 Å². The minimum atomic E-state index is -1.01. The predicted molar refractivity (Wildman–Crippen MR) is 258 cm³/mol. The number of fused-ring (bicyclic) bond motifs is 4. The lowest BCUT2D eigenvalue weighted by Gasteiger charge is -2.38. The first-order valence-electron chi connectivity index (χ1n) is 21.9. The van der Waals surface area contributed by atoms with E-state index in [2.05, 4.69) is 4.98 Å². The van der Waals surface area contributed by atoms with Gasteiger partial charge in [-0.2, -0.15) is 0 Å². The van der Waals surface area contributed by atoms with Gasteiger partial charge in [-0.15, -0.1) is 0 Å². The zero-order valence-corrected chi connectivity index (χ0v) is 36.2. The summed E-state index contributed by atoms with van der Waals surface area (Å²) in [5.74, 6) is 1.59. The Morgan fingerprint density at radius 3 is 1.56 bits per heavy atom. The normalized spacial score (nSPS) is 14.0. The van der Waals surface area contributed by atoms with Crippen LogP contribution in [-0.4, -0.2) is 34.9 Å². The van der Waals surface area contributed by atoms with Crippen molar-refractivity contribution < 1.29 is 17.9 Å². The number of aromatic nitrogens is 7. The molecular formula is C57H35F2N7O2. The molecule has 3 aromatic heterocycles. The Kier molecular flexibility index (Phi) is 9.75. The van der Waals surface area contributed by atoms with Crippen molar-refractivity contribution in [2.24, 2.45) is 0 Å². The maximum absolute atomic E-state index is 16.4. The second-order valence-corrected chi connectivity index (χ2v) is 16.5. The molecule has 8 aromatic carbocycles. The molecule has 0 saturated carbocycles. The van der Waals surface area contributed by atoms with E-state index in [1.54, 1.807) is 24.3 Å². The Morgan fingerprint density at radius 2 is 0.912 bits per heavy atom. The van der Waals surface area contributed by atoms with Gasteiger partial charge < -0.3 is 9.15 Å². The monoisotopic (exact) mass is 887 g/mol. The average Bonchev–Trinajstić information content (AvgIpc) is 3.89. The Balaban J connectivity index is 0.983. The number of para-hydroxylation sites is 1. The molecule has 1 unspecified atom stereocenters. The summed E-state index contributed by atoms with van der Waals surface area (Å²) in [6.45, 7) is 2.04. The number of rotatable bonds is 8. The number of hydrogen-bond donors (Lipinski definition) is 0. The second kappa shape index (κ2) is 16.4. The predicted octanol–water partition coefficient (Wildman–Crippen LogP) is 13.5. The van der Waals surface area contributed by atoms with Gasteiger partial charge in [0, 0.05) is 38.9 Å². The van der Waals surface area contributed by atoms with Crippen molar-refractivity contribution in [3.63, 3.8) is 0 Å². The summed E-state index contributed by atoms with van der Waals surface area (Å²) in [5.41, 5.74) is 8.52. The first-order valence-corrected chi connectivity index (χ1v) is 21.9. The lowest BCUT2D eigenvalue weighted by molar-refractivity contribution is 0.129. The van der Waals surface area contributed by atoms with Crippen molar-refractivity contribution in [2.75, 3.05) is 0 Å². The smallest absolute Gasteiger partial charge is 0.182 e. The van der Waals surface area contributed by atoms with Crippen LogP contribution in [0.25, 0.3) is 102 Å². The van der Waals surface area contributed by atoms with Crippen molar-refractivity contribution >= 4 is 11.1 Å². The summed E-state index contributed by atoms with van der Waals surface area (Å²) < 4.78 is 44.5. The zero-order valence-electron chi connectivity index (χ0n) is 36.2. The van der Waals surface area contributed by atoms with Crippen LogP contribution in [0.3, 0.4) is 0 Å². The summed E-state index contributed by atoms with van der Waals surface area (Å²) in [5, 5.41) is 0. The first kappa shape index (κ1) is 40.4. The summed E-state index contributed by atoms with van der Waals surface area (Å²) in [6, 6.07) is 58.1. The van der Waals surface area contributed by atoms with Crippen LogP contribution >= 0.6 is 0 Å². The minimum Gasteiger partial charge on any atom is -0.477 e. The van der Waals surface area contributed by atoms with Gasteiger partial charge in [-0.3, -0.25) is 0 Å². The average molecular weight is 888 g/mol. The number of nitrogens with zero attached hydrogens (tertiary/aromatic N) is 7. The van der Waals surface area contributed by atoms with Crippen molar-refractivity contribution in [1.29, 1.82) is 0 Å². The molecule has 1 aliphatic heterocycles. The van der Waals surface area contributed by atoms with Gasteiger partial charge in [-0.1, -0.05) is 140 Å². The highest BCUT2D eigenvalue weighted by molar-refractivity contribution is 5.90. The summed E-state index contributed by atoms with van der Waals surface area (Å²) in [4.78, 5) is 33.5. The Morgan fingerprint density at radius 1 is 0.397 bits per heavy atom. The van der Waals surface area contributed by atoms with Gasteiger partial charge in [-0.25, -0.2) is 43.7 Å². The number of benzene rings is 8. The Labute approximate surface area is 388 Å². The molecule has 1 aliphatic rings. The Bertz CT molecular complexity index is 3720. The number of ether oxygens (including phenoxy) is 1. The molecule has 68 heavy (non-hydrogen) atoms. The molecule has 0 spiro atoms. The largest absolute Gasteiger partial charge is 0.477 e. The van der Waals surface area contributed by atoms with Gasteiger partial charge in [0.05, 0.1) is 11.1 Å². The third kappa shape index (κ3) is 7.13. The second-order valence-electron chi connectivity index (χ2n) is 16.5. The zero-order chi connectivity index (χ0) is 45.8. The van der Waals surface area contributed by atoms with E-state index < -0.39 is 17.2 Å². The van der Waals surface area contributed by atoms with E-state index in [9.17, 15) is 0 Å². The van der Waals surface area contributed by atoms with E-state index >= 15 is 8.78 Å². The van der Waals surface area contributed by atoms with Crippen LogP contribution in [0, 0.1) is 11.6 Å². The molecule has 0 radical (unpaired) electrons. The number of hydrogen-bond acceptors (Lipinski definition) is 9. The van der Waals surface area contributed by atoms with Crippen LogP contribution in [0.2, 0.25) is 0 Å². The summed E-state index contributed by atoms with van der Waals surface area (Å²) in [6.07, 6.45) is 1.38. The van der Waals surface area contributed by atoms with Crippen LogP contribution < -0.4 is 4.74 Å². The summed E-state index contributed by atoms with van der Waals surface area (Å²) >= 11 is 0. The molecule has 0 fully saturated rings. The maximum atomic E-state index is 16.4. The van der Waals surface area contributed by atoms with Crippen LogP contribution in [0.15, 0.2) is 199 Å². The molecule has 9 nitrogen and oxygen atoms in total. The standard InChI is InChI=1S/C57H35F2N7O2/c1-57(39-18-9-4-10-19-39)45-30-37(53-61-51(34-14-5-2-6-15-34)63-55(65-53)43-20-11-12-22-46(43)58)25-27-41(45)42-28-26-38(32-49(42)68-57)54-62-52(35-16-7-3-8-17-35)64-56(66-54)44-29-24-36(31-47(44)59)40-21-13-23-48-50(40)67-33-60-48/h2-33H,1H3. The van der Waals surface area contributed by atoms with Crippen LogP contribution in [-0.2, 0) is 5.60 Å². The highest BCUT2D eigenvalue weighted by Crippen LogP contribution is 2.50. The third-order valence-corrected chi connectivity index (χ3v) is 12.3. The minimum absolute atomic E-state index is 0.174. The van der Waals surface area contributed by atoms with Crippen LogP contribution in [0.4, 0.5) is 8.78 Å². The molecule has 11 aromatic rings. The fourth-order valence-electron chi connectivity index (χ4n) is 8.83. The van der Waals surface area contributed by atoms with Gasteiger partial charge in [0.2, 0.25) is 0 Å². The molecule has 0 aliphatic carbocycles. The van der Waals surface area contributed by atoms with Gasteiger partial charge >= 0.3 is 0 Å². The van der Waals surface area contributed by atoms with E-state index in [4.69, 9.17) is 39.1 Å². The van der Waals surface area contributed by atoms with Crippen molar-refractivity contribution in [3.05, 3.63) is 217 Å². The van der Waals surface area contributed by atoms with Crippen molar-refractivity contribution in [2.45, 2.75) is 12.5 Å². The maximum Gasteiger partial charge on any atom is 0.182 e. The number of halogens is 2. The molecule has 0 saturated heterocycles. The van der Waals surface area contributed by atoms with E-state index in [0.29, 0.717) is 56.8 Å². The molecule has 0 amide bonds. The molecule has 11 heteroatoms. The lowest BCUT2D eigenvalue weighted by atomic mass is 9.79. The summed E-state index contributed by atoms with van der Waals surface area (Å²) in [7, 11) is 0. The van der Waals surface area contributed by atoms with Crippen molar-refractivity contribution in [1.82, 2.24) is 34.9 Å². The van der Waals surface area contributed by atoms with Gasteiger partial charge in [0.25, 0.3) is 0 Å².